The first-order valence-corrected chi connectivity index (χ1v) is 10.6. The van der Waals surface area contributed by atoms with Crippen LogP contribution in [0.1, 0.15) is 13.8 Å². The summed E-state index contributed by atoms with van der Waals surface area (Å²) < 4.78 is 40.2. The fourth-order valence-corrected chi connectivity index (χ4v) is 4.56. The highest BCUT2D eigenvalue weighted by molar-refractivity contribution is 7.99. The Morgan fingerprint density at radius 1 is 1.23 bits per heavy atom. The minimum absolute atomic E-state index is 0.0169. The Morgan fingerprint density at radius 3 is 2.58 bits per heavy atom. The third-order valence-electron chi connectivity index (χ3n) is 5.23. The van der Waals surface area contributed by atoms with E-state index in [4.69, 9.17) is 5.26 Å². The molecule has 0 bridgehead atoms. The Bertz CT molecular complexity index is 1090. The number of nitriles is 1. The zero-order chi connectivity index (χ0) is 22.8. The lowest BCUT2D eigenvalue weighted by atomic mass is 9.84. The molecule has 0 heterocycles. The van der Waals surface area contributed by atoms with Crippen LogP contribution in [0, 0.1) is 17.2 Å². The molecule has 0 aromatic heterocycles. The van der Waals surface area contributed by atoms with Gasteiger partial charge in [-0.1, -0.05) is 49.4 Å². The van der Waals surface area contributed by atoms with Crippen molar-refractivity contribution in [3.8, 4) is 6.07 Å². The number of nitrogens with zero attached hydrogens (tertiary/aromatic N) is 1. The first-order chi connectivity index (χ1) is 14.5. The second-order valence-corrected chi connectivity index (χ2v) is 8.64. The van der Waals surface area contributed by atoms with E-state index >= 15 is 0 Å². The van der Waals surface area contributed by atoms with Crippen LogP contribution >= 0.6 is 11.8 Å². The van der Waals surface area contributed by atoms with Gasteiger partial charge in [-0.2, -0.15) is 18.4 Å². The summed E-state index contributed by atoms with van der Waals surface area (Å²) in [5, 5.41) is 24.2. The third kappa shape index (κ3) is 4.94. The second-order valence-electron chi connectivity index (χ2n) is 7.62. The van der Waals surface area contributed by atoms with Gasteiger partial charge in [0, 0.05) is 16.6 Å². The van der Waals surface area contributed by atoms with Crippen LogP contribution in [-0.4, -0.2) is 34.6 Å². The summed E-state index contributed by atoms with van der Waals surface area (Å²) in [6, 6.07) is 14.0. The lowest BCUT2D eigenvalue weighted by molar-refractivity contribution is -0.137. The predicted octanol–water partition coefficient (Wildman–Crippen LogP) is 4.76. The molecule has 31 heavy (non-hydrogen) atoms. The van der Waals surface area contributed by atoms with Crippen LogP contribution in [0.25, 0.3) is 10.8 Å². The highest BCUT2D eigenvalue weighted by Gasteiger charge is 2.44. The molecule has 1 aliphatic rings. The number of aliphatic hydroxyl groups is 1. The Labute approximate surface area is 182 Å². The van der Waals surface area contributed by atoms with Gasteiger partial charge in [-0.3, -0.25) is 4.79 Å². The monoisotopic (exact) mass is 446 g/mol. The quantitative estimate of drug-likeness (QED) is 0.650. The predicted molar refractivity (Wildman–Crippen MR) is 114 cm³/mol. The van der Waals surface area contributed by atoms with Gasteiger partial charge in [0.05, 0.1) is 23.3 Å². The molecule has 3 rings (SSSR count). The molecular formula is C23H21F3N2O2S. The van der Waals surface area contributed by atoms with Gasteiger partial charge < -0.3 is 10.4 Å². The van der Waals surface area contributed by atoms with Crippen molar-refractivity contribution in [2.45, 2.75) is 36.6 Å². The van der Waals surface area contributed by atoms with Crippen molar-refractivity contribution >= 4 is 28.4 Å². The number of halogens is 3. The molecule has 2 N–H and O–H groups in total. The molecule has 3 atom stereocenters. The van der Waals surface area contributed by atoms with Crippen molar-refractivity contribution in [1.29, 1.82) is 5.26 Å². The van der Waals surface area contributed by atoms with Crippen LogP contribution in [0.3, 0.4) is 0 Å². The number of hydrogen-bond acceptors (Lipinski definition) is 4. The van der Waals surface area contributed by atoms with E-state index in [1.54, 1.807) is 6.07 Å². The number of rotatable bonds is 5. The van der Waals surface area contributed by atoms with Gasteiger partial charge >= 0.3 is 6.18 Å². The maximum Gasteiger partial charge on any atom is 0.414 e. The van der Waals surface area contributed by atoms with Gasteiger partial charge in [0.1, 0.15) is 5.60 Å². The normalized spacial score (nSPS) is 20.9. The van der Waals surface area contributed by atoms with Crippen LogP contribution in [0.2, 0.25) is 0 Å². The van der Waals surface area contributed by atoms with Crippen LogP contribution in [-0.2, 0) is 4.79 Å². The highest BCUT2D eigenvalue weighted by Crippen LogP contribution is 2.38. The van der Waals surface area contributed by atoms with E-state index in [9.17, 15) is 23.1 Å². The maximum atomic E-state index is 13.4. The smallest absolute Gasteiger partial charge is 0.379 e. The Kier molecular flexibility index (Phi) is 6.48. The standard InChI is InChI=1S/C23H21F3N2O2S/c1-14-18(11-10-16(12-27)20(14)23(24,25)26)28-21(29)22(2,30)13-31-19-9-5-7-15-6-3-4-8-17(15)19/h3-11,14,18,30H,13H2,1-2H3,(H,28,29). The van der Waals surface area contributed by atoms with Crippen molar-refractivity contribution in [3.05, 3.63) is 65.8 Å². The zero-order valence-corrected chi connectivity index (χ0v) is 17.7. The number of alkyl halides is 3. The molecule has 0 saturated heterocycles. The zero-order valence-electron chi connectivity index (χ0n) is 16.9. The molecule has 1 amide bonds. The second kappa shape index (κ2) is 8.77. The largest absolute Gasteiger partial charge is 0.414 e. The highest BCUT2D eigenvalue weighted by atomic mass is 32.2. The molecule has 162 valence electrons. The van der Waals surface area contributed by atoms with Crippen LogP contribution in [0.4, 0.5) is 13.2 Å². The molecule has 4 nitrogen and oxygen atoms in total. The van der Waals surface area contributed by atoms with Gasteiger partial charge in [-0.15, -0.1) is 11.8 Å². The van der Waals surface area contributed by atoms with Gasteiger partial charge in [0.25, 0.3) is 5.91 Å². The Balaban J connectivity index is 1.72. The van der Waals surface area contributed by atoms with E-state index in [0.29, 0.717) is 0 Å². The van der Waals surface area contributed by atoms with Crippen LogP contribution in [0.15, 0.2) is 70.7 Å². The average Bonchev–Trinajstić information content (AvgIpc) is 2.72. The summed E-state index contributed by atoms with van der Waals surface area (Å²) in [6.45, 7) is 2.63. The van der Waals surface area contributed by atoms with E-state index in [-0.39, 0.29) is 5.75 Å². The van der Waals surface area contributed by atoms with E-state index in [1.165, 1.54) is 31.7 Å². The van der Waals surface area contributed by atoms with Crippen molar-refractivity contribution in [2.24, 2.45) is 5.92 Å². The number of benzene rings is 2. The molecule has 3 unspecified atom stereocenters. The lowest BCUT2D eigenvalue weighted by Gasteiger charge is -2.32. The summed E-state index contributed by atoms with van der Waals surface area (Å²) in [5.41, 5.74) is -3.26. The molecule has 2 aromatic rings. The number of carbonyl (C=O) groups excluding carboxylic acids is 1. The van der Waals surface area contributed by atoms with Crippen molar-refractivity contribution in [1.82, 2.24) is 5.32 Å². The molecule has 0 aliphatic heterocycles. The Morgan fingerprint density at radius 2 is 1.90 bits per heavy atom. The van der Waals surface area contributed by atoms with E-state index in [0.717, 1.165) is 21.7 Å². The summed E-state index contributed by atoms with van der Waals surface area (Å²) in [6.07, 6.45) is -2.28. The van der Waals surface area contributed by atoms with E-state index < -0.39 is 40.8 Å². The molecule has 2 aromatic carbocycles. The number of hydrogen-bond donors (Lipinski definition) is 2. The molecule has 1 aliphatic carbocycles. The molecule has 8 heteroatoms. The first kappa shape index (κ1) is 22.9. The van der Waals surface area contributed by atoms with Crippen LogP contribution < -0.4 is 5.32 Å². The fourth-order valence-electron chi connectivity index (χ4n) is 3.47. The third-order valence-corrected chi connectivity index (χ3v) is 6.60. The minimum atomic E-state index is -4.69. The van der Waals surface area contributed by atoms with Crippen molar-refractivity contribution in [3.63, 3.8) is 0 Å². The van der Waals surface area contributed by atoms with Crippen molar-refractivity contribution < 1.29 is 23.1 Å². The van der Waals surface area contributed by atoms with Gasteiger partial charge in [0.15, 0.2) is 0 Å². The number of fused-ring (bicyclic) bond motifs is 1. The summed E-state index contributed by atoms with van der Waals surface area (Å²) in [4.78, 5) is 13.6. The molecule has 0 fully saturated rings. The first-order valence-electron chi connectivity index (χ1n) is 9.58. The van der Waals surface area contributed by atoms with E-state index in [2.05, 4.69) is 5.32 Å². The van der Waals surface area contributed by atoms with Crippen molar-refractivity contribution in [2.75, 3.05) is 5.75 Å². The van der Waals surface area contributed by atoms with Crippen LogP contribution in [0.5, 0.6) is 0 Å². The topological polar surface area (TPSA) is 73.1 Å². The van der Waals surface area contributed by atoms with Gasteiger partial charge in [-0.25, -0.2) is 0 Å². The number of carbonyl (C=O) groups is 1. The number of allylic oxidation sites excluding steroid dienone is 2. The SMILES string of the molecule is CC1C(C(F)(F)F)=C(C#N)C=CC1NC(=O)C(C)(O)CSc1cccc2ccccc12. The molecule has 0 saturated carbocycles. The van der Waals surface area contributed by atoms with Gasteiger partial charge in [0.2, 0.25) is 0 Å². The van der Waals surface area contributed by atoms with Gasteiger partial charge in [-0.05, 0) is 29.8 Å². The fraction of sp³-hybridized carbons (Fsp3) is 0.304. The molecule has 0 radical (unpaired) electrons. The maximum absolute atomic E-state index is 13.4. The summed E-state index contributed by atoms with van der Waals surface area (Å²) in [5.74, 6) is -1.92. The van der Waals surface area contributed by atoms with E-state index in [1.807, 2.05) is 42.5 Å². The Hall–Kier alpha value is -2.76. The molecular weight excluding hydrogens is 425 g/mol. The lowest BCUT2D eigenvalue weighted by Crippen LogP contribution is -2.52. The summed E-state index contributed by atoms with van der Waals surface area (Å²) in [7, 11) is 0. The number of nitrogens with one attached hydrogen (secondary N) is 1. The average molecular weight is 446 g/mol. The summed E-state index contributed by atoms with van der Waals surface area (Å²) >= 11 is 1.30. The molecule has 0 spiro atoms. The number of amides is 1. The number of thioether (sulfide) groups is 1. The minimum Gasteiger partial charge on any atom is -0.379 e.